The molecule has 0 spiro atoms. The van der Waals surface area contributed by atoms with E-state index >= 15 is 0 Å². The molecule has 0 aliphatic heterocycles. The van der Waals surface area contributed by atoms with Crippen LogP contribution in [0.5, 0.6) is 0 Å². The molecule has 4 fully saturated rings. The molecule has 23 heavy (non-hydrogen) atoms. The molecular weight excluding hydrogens is 290 g/mol. The van der Waals surface area contributed by atoms with Gasteiger partial charge in [0.05, 0.1) is 0 Å². The maximum atomic E-state index is 13.1. The second-order valence-corrected chi connectivity index (χ2v) is 8.76. The topological polar surface area (TPSA) is 61.4 Å². The number of carbonyl (C=O) groups excluding carboxylic acids is 2. The number of rotatable bonds is 5. The Kier molecular flexibility index (Phi) is 4.43. The Morgan fingerprint density at radius 1 is 1.00 bits per heavy atom. The molecule has 4 rings (SSSR count). The van der Waals surface area contributed by atoms with Gasteiger partial charge in [0.2, 0.25) is 5.91 Å². The zero-order chi connectivity index (χ0) is 16.8. The van der Waals surface area contributed by atoms with Crippen molar-refractivity contribution in [1.82, 2.24) is 15.8 Å². The summed E-state index contributed by atoms with van der Waals surface area (Å²) in [5, 5.41) is 4.73. The Hall–Kier alpha value is -1.10. The molecule has 4 saturated carbocycles. The minimum atomic E-state index is -0.460. The van der Waals surface area contributed by atoms with Crippen molar-refractivity contribution in [2.75, 3.05) is 14.1 Å². The van der Waals surface area contributed by atoms with Crippen LogP contribution in [0.15, 0.2) is 0 Å². The van der Waals surface area contributed by atoms with E-state index in [1.54, 1.807) is 19.1 Å². The largest absolute Gasteiger partial charge is 0.344 e. The van der Waals surface area contributed by atoms with Crippen LogP contribution in [-0.4, -0.2) is 37.0 Å². The summed E-state index contributed by atoms with van der Waals surface area (Å²) in [4.78, 5) is 25.5. The molecule has 5 heteroatoms. The van der Waals surface area contributed by atoms with Gasteiger partial charge in [0.25, 0.3) is 5.91 Å². The van der Waals surface area contributed by atoms with Gasteiger partial charge in [0.15, 0.2) is 0 Å². The fraction of sp³-hybridized carbons (Fsp3) is 0.889. The highest BCUT2D eigenvalue weighted by atomic mass is 16.2. The summed E-state index contributed by atoms with van der Waals surface area (Å²) in [5.74, 6) is 2.29. The zero-order valence-corrected chi connectivity index (χ0v) is 14.9. The molecule has 2 N–H and O–H groups in total. The summed E-state index contributed by atoms with van der Waals surface area (Å²) in [5.41, 5.74) is 2.59. The lowest BCUT2D eigenvalue weighted by Gasteiger charge is -2.55. The van der Waals surface area contributed by atoms with Gasteiger partial charge < -0.3 is 5.32 Å². The van der Waals surface area contributed by atoms with Gasteiger partial charge in [-0.05, 0) is 62.2 Å². The van der Waals surface area contributed by atoms with E-state index in [4.69, 9.17) is 0 Å². The molecule has 0 unspecified atom stereocenters. The van der Waals surface area contributed by atoms with Crippen LogP contribution in [0.3, 0.4) is 0 Å². The first-order chi connectivity index (χ1) is 10.8. The summed E-state index contributed by atoms with van der Waals surface area (Å²) in [6.07, 6.45) is 7.06. The normalized spacial score (nSPS) is 36.3. The van der Waals surface area contributed by atoms with E-state index in [-0.39, 0.29) is 23.1 Å². The van der Waals surface area contributed by atoms with E-state index in [0.717, 1.165) is 37.0 Å². The molecule has 1 atom stereocenters. The lowest BCUT2D eigenvalue weighted by molar-refractivity contribution is -0.149. The lowest BCUT2D eigenvalue weighted by atomic mass is 9.49. The standard InChI is InChI=1S/C18H31N3O2/c1-11(2)15(16(22)20-21(3)4)19-17(23)18-8-12-5-13(9-18)7-14(6-12)10-18/h11-15H,5-10H2,1-4H3,(H,19,23)(H,20,22)/t12?,13?,14?,15-,18?/m0/s1. The summed E-state index contributed by atoms with van der Waals surface area (Å²) >= 11 is 0. The van der Waals surface area contributed by atoms with Gasteiger partial charge in [-0.25, -0.2) is 5.01 Å². The highest BCUT2D eigenvalue weighted by molar-refractivity contribution is 5.90. The van der Waals surface area contributed by atoms with Crippen molar-refractivity contribution in [3.8, 4) is 0 Å². The Labute approximate surface area is 139 Å². The van der Waals surface area contributed by atoms with Gasteiger partial charge in [-0.3, -0.25) is 15.0 Å². The number of hydrazine groups is 1. The molecule has 0 saturated heterocycles. The van der Waals surface area contributed by atoms with E-state index < -0.39 is 6.04 Å². The first kappa shape index (κ1) is 16.7. The van der Waals surface area contributed by atoms with Crippen LogP contribution in [0.2, 0.25) is 0 Å². The molecule has 0 aromatic carbocycles. The Bertz CT molecular complexity index is 451. The summed E-state index contributed by atoms with van der Waals surface area (Å²) < 4.78 is 0. The van der Waals surface area contributed by atoms with E-state index in [1.807, 2.05) is 13.8 Å². The molecular formula is C18H31N3O2. The number of nitrogens with one attached hydrogen (secondary N) is 2. The predicted octanol–water partition coefficient (Wildman–Crippen LogP) is 1.94. The monoisotopic (exact) mass is 321 g/mol. The van der Waals surface area contributed by atoms with Crippen molar-refractivity contribution in [2.24, 2.45) is 29.1 Å². The van der Waals surface area contributed by atoms with Gasteiger partial charge >= 0.3 is 0 Å². The minimum absolute atomic E-state index is 0.0767. The second kappa shape index (κ2) is 6.08. The maximum absolute atomic E-state index is 13.1. The molecule has 4 bridgehead atoms. The first-order valence-electron chi connectivity index (χ1n) is 9.08. The van der Waals surface area contributed by atoms with Crippen LogP contribution in [0.25, 0.3) is 0 Å². The fourth-order valence-electron chi connectivity index (χ4n) is 5.51. The Balaban J connectivity index is 1.71. The van der Waals surface area contributed by atoms with Gasteiger partial charge in [-0.15, -0.1) is 0 Å². The molecule has 0 radical (unpaired) electrons. The van der Waals surface area contributed by atoms with E-state index in [0.29, 0.717) is 0 Å². The zero-order valence-electron chi connectivity index (χ0n) is 14.9. The van der Waals surface area contributed by atoms with Gasteiger partial charge in [0, 0.05) is 19.5 Å². The number of carbonyl (C=O) groups is 2. The molecule has 130 valence electrons. The van der Waals surface area contributed by atoms with Crippen LogP contribution >= 0.6 is 0 Å². The summed E-state index contributed by atoms with van der Waals surface area (Å²) in [7, 11) is 3.58. The molecule has 0 aromatic rings. The van der Waals surface area contributed by atoms with E-state index in [1.165, 1.54) is 19.3 Å². The number of nitrogens with zero attached hydrogens (tertiary/aromatic N) is 1. The fourth-order valence-corrected chi connectivity index (χ4v) is 5.51. The quantitative estimate of drug-likeness (QED) is 0.761. The van der Waals surface area contributed by atoms with Crippen molar-refractivity contribution >= 4 is 11.8 Å². The third kappa shape index (κ3) is 3.25. The highest BCUT2D eigenvalue weighted by Crippen LogP contribution is 2.60. The van der Waals surface area contributed by atoms with Gasteiger partial charge in [-0.2, -0.15) is 0 Å². The van der Waals surface area contributed by atoms with Crippen LogP contribution in [0.1, 0.15) is 52.4 Å². The smallest absolute Gasteiger partial charge is 0.257 e. The molecule has 4 aliphatic carbocycles. The number of amides is 2. The van der Waals surface area contributed by atoms with Crippen LogP contribution in [0, 0.1) is 29.1 Å². The third-order valence-corrected chi connectivity index (χ3v) is 6.09. The lowest BCUT2D eigenvalue weighted by Crippen LogP contribution is -2.59. The average molecular weight is 321 g/mol. The summed E-state index contributed by atoms with van der Waals surface area (Å²) in [6.45, 7) is 3.97. The predicted molar refractivity (Wildman–Crippen MR) is 89.2 cm³/mol. The van der Waals surface area contributed by atoms with E-state index in [9.17, 15) is 9.59 Å². The van der Waals surface area contributed by atoms with Crippen molar-refractivity contribution in [3.05, 3.63) is 0 Å². The van der Waals surface area contributed by atoms with Crippen molar-refractivity contribution in [1.29, 1.82) is 0 Å². The average Bonchev–Trinajstić information content (AvgIpc) is 2.41. The molecule has 0 aromatic heterocycles. The van der Waals surface area contributed by atoms with Crippen LogP contribution in [0.4, 0.5) is 0 Å². The molecule has 2 amide bonds. The highest BCUT2D eigenvalue weighted by Gasteiger charge is 2.55. The van der Waals surface area contributed by atoms with Gasteiger partial charge in [-0.1, -0.05) is 13.8 Å². The minimum Gasteiger partial charge on any atom is -0.344 e. The van der Waals surface area contributed by atoms with Crippen LogP contribution < -0.4 is 10.7 Å². The van der Waals surface area contributed by atoms with Crippen LogP contribution in [-0.2, 0) is 9.59 Å². The SMILES string of the molecule is CC(C)[C@H](NC(=O)C12CC3CC(CC(C3)C1)C2)C(=O)NN(C)C. The van der Waals surface area contributed by atoms with Crippen molar-refractivity contribution in [2.45, 2.75) is 58.4 Å². The molecule has 0 heterocycles. The number of hydrogen-bond donors (Lipinski definition) is 2. The molecule has 5 nitrogen and oxygen atoms in total. The third-order valence-electron chi connectivity index (χ3n) is 6.09. The molecule has 4 aliphatic rings. The van der Waals surface area contributed by atoms with Crippen molar-refractivity contribution < 1.29 is 9.59 Å². The number of hydrogen-bond acceptors (Lipinski definition) is 3. The Morgan fingerprint density at radius 2 is 1.48 bits per heavy atom. The summed E-state index contributed by atoms with van der Waals surface area (Å²) in [6, 6.07) is -0.460. The first-order valence-corrected chi connectivity index (χ1v) is 9.08. The maximum Gasteiger partial charge on any atom is 0.257 e. The Morgan fingerprint density at radius 3 is 1.87 bits per heavy atom. The van der Waals surface area contributed by atoms with Gasteiger partial charge in [0.1, 0.15) is 6.04 Å². The van der Waals surface area contributed by atoms with Crippen molar-refractivity contribution in [3.63, 3.8) is 0 Å². The van der Waals surface area contributed by atoms with E-state index in [2.05, 4.69) is 10.7 Å². The second-order valence-electron chi connectivity index (χ2n) is 8.76.